The van der Waals surface area contributed by atoms with Crippen LogP contribution >= 0.6 is 0 Å². The normalized spacial score (nSPS) is 13.9. The molecule has 0 aliphatic heterocycles. The maximum absolute atomic E-state index is 11.6. The monoisotopic (exact) mass is 134 g/mol. The van der Waals surface area contributed by atoms with Crippen LogP contribution in [0, 0.1) is 17.2 Å². The first-order chi connectivity index (χ1) is 4.09. The van der Waals surface area contributed by atoms with Crippen LogP contribution in [0.25, 0.3) is 0 Å². The van der Waals surface area contributed by atoms with Gasteiger partial charge in [-0.05, 0) is 5.92 Å². The summed E-state index contributed by atoms with van der Waals surface area (Å²) in [5.74, 6) is -0.329. The van der Waals surface area contributed by atoms with Crippen molar-refractivity contribution in [3.05, 3.63) is 0 Å². The average molecular weight is 134 g/mol. The van der Waals surface area contributed by atoms with Gasteiger partial charge in [0.25, 0.3) is 0 Å². The van der Waals surface area contributed by atoms with Crippen molar-refractivity contribution in [2.75, 3.05) is 0 Å². The van der Waals surface area contributed by atoms with E-state index in [4.69, 9.17) is 5.26 Å². The Hall–Kier alpha value is -0.690. The summed E-state index contributed by atoms with van der Waals surface area (Å²) in [6, 6.07) is 0.204. The minimum atomic E-state index is -1.27. The Morgan fingerprint density at radius 3 is 1.89 bits per heavy atom. The molecule has 1 atom stereocenters. The van der Waals surface area contributed by atoms with Crippen LogP contribution in [0.3, 0.4) is 0 Å². The number of nitrogens with zero attached hydrogens (tertiary/aromatic N) is 2. The minimum absolute atomic E-state index is 0.329. The molecular formula is C5H8F2N2. The molecule has 0 aromatic rings. The summed E-state index contributed by atoms with van der Waals surface area (Å²) in [5, 5.41) is 7.03. The summed E-state index contributed by atoms with van der Waals surface area (Å²) in [6.45, 7) is 3.14. The molecule has 0 aromatic carbocycles. The Kier molecular flexibility index (Phi) is 3.10. The largest absolute Gasteiger partial charge is 0.196 e. The molecule has 52 valence electrons. The van der Waals surface area contributed by atoms with Crippen molar-refractivity contribution < 1.29 is 8.96 Å². The Balaban J connectivity index is 3.87. The minimum Gasteiger partial charge on any atom is -0.196 e. The summed E-state index contributed by atoms with van der Waals surface area (Å²) in [5.41, 5.74) is 0. The molecule has 9 heavy (non-hydrogen) atoms. The van der Waals surface area contributed by atoms with E-state index in [-0.39, 0.29) is 5.92 Å². The van der Waals surface area contributed by atoms with Crippen molar-refractivity contribution in [1.82, 2.24) is 5.34 Å². The van der Waals surface area contributed by atoms with E-state index in [1.807, 2.05) is 0 Å². The van der Waals surface area contributed by atoms with Gasteiger partial charge in [-0.3, -0.25) is 0 Å². The molecule has 0 amide bonds. The van der Waals surface area contributed by atoms with Crippen LogP contribution in [0.5, 0.6) is 0 Å². The summed E-state index contributed by atoms with van der Waals surface area (Å²) in [7, 11) is 0. The molecule has 0 N–H and O–H groups in total. The molecule has 0 aliphatic rings. The second kappa shape index (κ2) is 3.36. The third-order valence-electron chi connectivity index (χ3n) is 0.974. The van der Waals surface area contributed by atoms with Gasteiger partial charge in [0.15, 0.2) is 6.04 Å². The first-order valence-electron chi connectivity index (χ1n) is 2.60. The van der Waals surface area contributed by atoms with Crippen LogP contribution in [-0.4, -0.2) is 11.4 Å². The predicted octanol–water partition coefficient (Wildman–Crippen LogP) is 1.61. The van der Waals surface area contributed by atoms with Crippen LogP contribution in [0.15, 0.2) is 0 Å². The lowest BCUT2D eigenvalue weighted by Crippen LogP contribution is -2.24. The van der Waals surface area contributed by atoms with Crippen molar-refractivity contribution in [2.24, 2.45) is 5.92 Å². The topological polar surface area (TPSA) is 27.0 Å². The third kappa shape index (κ3) is 2.38. The molecular weight excluding hydrogens is 126 g/mol. The van der Waals surface area contributed by atoms with Gasteiger partial charge in [-0.15, -0.1) is 8.96 Å². The number of hydrogen-bond acceptors (Lipinski definition) is 2. The van der Waals surface area contributed by atoms with Crippen LogP contribution in [0.1, 0.15) is 13.8 Å². The molecule has 0 aromatic heterocycles. The van der Waals surface area contributed by atoms with Crippen LogP contribution in [-0.2, 0) is 0 Å². The highest BCUT2D eigenvalue weighted by Gasteiger charge is 2.20. The molecule has 0 saturated carbocycles. The zero-order valence-corrected chi connectivity index (χ0v) is 5.31. The van der Waals surface area contributed by atoms with E-state index in [0.29, 0.717) is 0 Å². The number of hydrogen-bond donors (Lipinski definition) is 0. The Labute approximate surface area is 52.6 Å². The molecule has 1 unspecified atom stereocenters. The first kappa shape index (κ1) is 8.31. The van der Waals surface area contributed by atoms with Crippen molar-refractivity contribution in [2.45, 2.75) is 19.9 Å². The molecule has 0 rings (SSSR count). The zero-order chi connectivity index (χ0) is 7.44. The van der Waals surface area contributed by atoms with Gasteiger partial charge in [-0.1, -0.05) is 13.8 Å². The Morgan fingerprint density at radius 1 is 1.44 bits per heavy atom. The maximum atomic E-state index is 11.6. The van der Waals surface area contributed by atoms with Crippen molar-refractivity contribution in [1.29, 1.82) is 5.26 Å². The van der Waals surface area contributed by atoms with Gasteiger partial charge in [0.05, 0.1) is 6.07 Å². The molecule has 2 nitrogen and oxygen atoms in total. The van der Waals surface area contributed by atoms with Gasteiger partial charge in [0.2, 0.25) is 0 Å². The zero-order valence-electron chi connectivity index (χ0n) is 5.31. The summed E-state index contributed by atoms with van der Waals surface area (Å²) >= 11 is 0. The highest BCUT2D eigenvalue weighted by atomic mass is 19.4. The highest BCUT2D eigenvalue weighted by Crippen LogP contribution is 2.09. The predicted molar refractivity (Wildman–Crippen MR) is 28.3 cm³/mol. The van der Waals surface area contributed by atoms with E-state index in [0.717, 1.165) is 0 Å². The SMILES string of the molecule is CC(C)C(C#N)N(F)F. The third-order valence-corrected chi connectivity index (χ3v) is 0.974. The lowest BCUT2D eigenvalue weighted by atomic mass is 10.1. The fourth-order valence-corrected chi connectivity index (χ4v) is 0.418. The first-order valence-corrected chi connectivity index (χ1v) is 2.60. The fraction of sp³-hybridized carbons (Fsp3) is 0.800. The van der Waals surface area contributed by atoms with Crippen molar-refractivity contribution in [3.8, 4) is 6.07 Å². The molecule has 0 aliphatic carbocycles. The smallest absolute Gasteiger partial charge is 0.161 e. The van der Waals surface area contributed by atoms with E-state index in [1.54, 1.807) is 13.8 Å². The second-order valence-electron chi connectivity index (χ2n) is 2.08. The highest BCUT2D eigenvalue weighted by molar-refractivity contribution is 4.88. The lowest BCUT2D eigenvalue weighted by Gasteiger charge is -2.10. The second-order valence-corrected chi connectivity index (χ2v) is 2.08. The van der Waals surface area contributed by atoms with E-state index < -0.39 is 11.4 Å². The van der Waals surface area contributed by atoms with Gasteiger partial charge in [0.1, 0.15) is 0 Å². The maximum Gasteiger partial charge on any atom is 0.161 e. The van der Waals surface area contributed by atoms with Gasteiger partial charge in [-0.25, -0.2) is 0 Å². The molecule has 0 spiro atoms. The van der Waals surface area contributed by atoms with E-state index in [2.05, 4.69) is 0 Å². The van der Waals surface area contributed by atoms with Gasteiger partial charge < -0.3 is 0 Å². The molecule has 4 heteroatoms. The average Bonchev–Trinajstić information content (AvgIpc) is 1.64. The summed E-state index contributed by atoms with van der Waals surface area (Å²) < 4.78 is 23.1. The number of halogens is 2. The Morgan fingerprint density at radius 2 is 1.89 bits per heavy atom. The van der Waals surface area contributed by atoms with Crippen molar-refractivity contribution in [3.63, 3.8) is 0 Å². The fourth-order valence-electron chi connectivity index (χ4n) is 0.418. The lowest BCUT2D eigenvalue weighted by molar-refractivity contribution is -0.181. The van der Waals surface area contributed by atoms with E-state index in [1.165, 1.54) is 6.07 Å². The number of rotatable bonds is 2. The van der Waals surface area contributed by atoms with Crippen molar-refractivity contribution >= 4 is 0 Å². The van der Waals surface area contributed by atoms with Gasteiger partial charge >= 0.3 is 0 Å². The molecule has 0 heterocycles. The number of nitriles is 1. The van der Waals surface area contributed by atoms with E-state index >= 15 is 0 Å². The quantitative estimate of drug-likeness (QED) is 0.536. The van der Waals surface area contributed by atoms with Crippen LogP contribution in [0.4, 0.5) is 8.96 Å². The summed E-state index contributed by atoms with van der Waals surface area (Å²) in [4.78, 5) is 0. The van der Waals surface area contributed by atoms with Gasteiger partial charge in [0, 0.05) is 5.34 Å². The molecule has 0 radical (unpaired) electrons. The van der Waals surface area contributed by atoms with Gasteiger partial charge in [-0.2, -0.15) is 5.26 Å². The molecule has 0 bridgehead atoms. The molecule has 0 saturated heterocycles. The van der Waals surface area contributed by atoms with Crippen LogP contribution < -0.4 is 0 Å². The standard InChI is InChI=1S/C5H8F2N2/c1-4(2)5(3-8)9(6)7/h4-5H,1-2H3. The van der Waals surface area contributed by atoms with E-state index in [9.17, 15) is 8.96 Å². The Bertz CT molecular complexity index is 109. The van der Waals surface area contributed by atoms with Crippen LogP contribution in [0.2, 0.25) is 0 Å². The molecule has 0 fully saturated rings. The summed E-state index contributed by atoms with van der Waals surface area (Å²) in [6.07, 6.45) is 0.